The molecule has 0 aliphatic heterocycles. The molecule has 168 valence electrons. The Morgan fingerprint density at radius 2 is 1.56 bits per heavy atom. The topological polar surface area (TPSA) is 66.5 Å². The fraction of sp³-hybridized carbons (Fsp3) is 0.240. The summed E-state index contributed by atoms with van der Waals surface area (Å²) in [5, 5.41) is 3.59. The van der Waals surface area contributed by atoms with Crippen molar-refractivity contribution in [2.45, 2.75) is 26.8 Å². The van der Waals surface area contributed by atoms with E-state index in [0.29, 0.717) is 29.2 Å². The molecule has 0 saturated heterocycles. The average molecular weight is 471 g/mol. The molecule has 0 spiro atoms. The molecule has 1 amide bonds. The Morgan fingerprint density at radius 1 is 0.938 bits per heavy atom. The molecule has 0 heterocycles. The number of halogens is 1. The van der Waals surface area contributed by atoms with Crippen molar-refractivity contribution in [2.24, 2.45) is 0 Å². The van der Waals surface area contributed by atoms with Gasteiger partial charge in [0.2, 0.25) is 10.0 Å². The average Bonchev–Trinajstić information content (AvgIpc) is 2.75. The van der Waals surface area contributed by atoms with Crippen molar-refractivity contribution in [2.75, 3.05) is 17.1 Å². The predicted octanol–water partition coefficient (Wildman–Crippen LogP) is 4.90. The number of rotatable bonds is 8. The van der Waals surface area contributed by atoms with Gasteiger partial charge in [0.1, 0.15) is 0 Å². The fourth-order valence-corrected chi connectivity index (χ4v) is 4.43. The molecule has 0 atom stereocenters. The molecule has 0 aromatic heterocycles. The Labute approximate surface area is 195 Å². The van der Waals surface area contributed by atoms with E-state index in [0.717, 1.165) is 22.3 Å². The van der Waals surface area contributed by atoms with Crippen LogP contribution >= 0.6 is 11.6 Å². The van der Waals surface area contributed by atoms with Crippen molar-refractivity contribution in [3.63, 3.8) is 0 Å². The summed E-state index contributed by atoms with van der Waals surface area (Å²) < 4.78 is 26.4. The molecule has 0 radical (unpaired) electrons. The molecule has 0 saturated carbocycles. The highest BCUT2D eigenvalue weighted by Crippen LogP contribution is 2.26. The van der Waals surface area contributed by atoms with Gasteiger partial charge in [0, 0.05) is 17.1 Å². The van der Waals surface area contributed by atoms with E-state index in [1.54, 1.807) is 24.3 Å². The zero-order chi connectivity index (χ0) is 23.3. The number of nitrogens with one attached hydrogen (secondary N) is 1. The number of aryl methyl sites for hydroxylation is 2. The lowest BCUT2D eigenvalue weighted by molar-refractivity contribution is 0.0954. The maximum Gasteiger partial charge on any atom is 0.251 e. The summed E-state index contributed by atoms with van der Waals surface area (Å²) in [4.78, 5) is 12.4. The molecular formula is C25H27ClN2O3S. The summed E-state index contributed by atoms with van der Waals surface area (Å²) in [7, 11) is -3.48. The van der Waals surface area contributed by atoms with Crippen LogP contribution < -0.4 is 9.62 Å². The zero-order valence-corrected chi connectivity index (χ0v) is 20.0. The van der Waals surface area contributed by atoms with Gasteiger partial charge in [-0.15, -0.1) is 0 Å². The van der Waals surface area contributed by atoms with E-state index in [2.05, 4.69) is 5.32 Å². The standard InChI is InChI=1S/C25H27ClN2O3S/c1-18-4-5-19(2)24(16-18)28(32(3,30)31)17-21-6-10-22(11-7-21)25(29)27-15-14-20-8-12-23(26)13-9-20/h4-13,16H,14-15,17H2,1-3H3,(H,27,29). The molecule has 3 aromatic rings. The number of carbonyl (C=O) groups is 1. The summed E-state index contributed by atoms with van der Waals surface area (Å²) in [5.41, 5.74) is 4.97. The van der Waals surface area contributed by atoms with Gasteiger partial charge in [-0.25, -0.2) is 8.42 Å². The lowest BCUT2D eigenvalue weighted by Crippen LogP contribution is -2.30. The Hall–Kier alpha value is -2.83. The summed E-state index contributed by atoms with van der Waals surface area (Å²) in [6, 6.07) is 20.3. The lowest BCUT2D eigenvalue weighted by Gasteiger charge is -2.25. The highest BCUT2D eigenvalue weighted by molar-refractivity contribution is 7.92. The summed E-state index contributed by atoms with van der Waals surface area (Å²) >= 11 is 5.89. The first-order chi connectivity index (χ1) is 15.1. The Balaban J connectivity index is 1.66. The first-order valence-corrected chi connectivity index (χ1v) is 12.5. The first-order valence-electron chi connectivity index (χ1n) is 10.3. The highest BCUT2D eigenvalue weighted by Gasteiger charge is 2.20. The molecule has 0 unspecified atom stereocenters. The third-order valence-corrected chi connectivity index (χ3v) is 6.57. The van der Waals surface area contributed by atoms with E-state index in [4.69, 9.17) is 11.6 Å². The number of nitrogens with zero attached hydrogens (tertiary/aromatic N) is 1. The number of hydrogen-bond donors (Lipinski definition) is 1. The van der Waals surface area contributed by atoms with E-state index in [1.165, 1.54) is 10.6 Å². The maximum atomic E-state index is 12.5. The smallest absolute Gasteiger partial charge is 0.251 e. The second-order valence-electron chi connectivity index (χ2n) is 7.89. The Morgan fingerprint density at radius 3 is 2.19 bits per heavy atom. The van der Waals surface area contributed by atoms with Crippen LogP contribution in [0.5, 0.6) is 0 Å². The van der Waals surface area contributed by atoms with E-state index in [9.17, 15) is 13.2 Å². The molecule has 1 N–H and O–H groups in total. The van der Waals surface area contributed by atoms with Crippen LogP contribution in [0.2, 0.25) is 5.02 Å². The quantitative estimate of drug-likeness (QED) is 0.509. The highest BCUT2D eigenvalue weighted by atomic mass is 35.5. The van der Waals surface area contributed by atoms with Crippen molar-refractivity contribution >= 4 is 33.2 Å². The molecule has 0 fully saturated rings. The van der Waals surface area contributed by atoms with E-state index >= 15 is 0 Å². The minimum Gasteiger partial charge on any atom is -0.352 e. The number of amides is 1. The van der Waals surface area contributed by atoms with Gasteiger partial charge in [-0.2, -0.15) is 0 Å². The molecule has 3 aromatic carbocycles. The molecule has 3 rings (SSSR count). The number of sulfonamides is 1. The molecule has 0 bridgehead atoms. The van der Waals surface area contributed by atoms with Crippen molar-refractivity contribution in [1.29, 1.82) is 0 Å². The van der Waals surface area contributed by atoms with Gasteiger partial charge in [0.25, 0.3) is 5.91 Å². The molecule has 32 heavy (non-hydrogen) atoms. The van der Waals surface area contributed by atoms with Crippen LogP contribution in [0.4, 0.5) is 5.69 Å². The summed E-state index contributed by atoms with van der Waals surface area (Å²) in [6.07, 6.45) is 1.91. The van der Waals surface area contributed by atoms with Gasteiger partial charge in [-0.3, -0.25) is 9.10 Å². The predicted molar refractivity (Wildman–Crippen MR) is 131 cm³/mol. The molecule has 7 heteroatoms. The minimum atomic E-state index is -3.48. The lowest BCUT2D eigenvalue weighted by atomic mass is 10.1. The number of anilines is 1. The van der Waals surface area contributed by atoms with Crippen LogP contribution in [0, 0.1) is 13.8 Å². The third kappa shape index (κ3) is 6.34. The van der Waals surface area contributed by atoms with Gasteiger partial charge in [-0.1, -0.05) is 48.0 Å². The number of hydrogen-bond acceptors (Lipinski definition) is 3. The van der Waals surface area contributed by atoms with Crippen molar-refractivity contribution in [1.82, 2.24) is 5.32 Å². The zero-order valence-electron chi connectivity index (χ0n) is 18.4. The Kier molecular flexibility index (Phi) is 7.59. The molecular weight excluding hydrogens is 444 g/mol. The van der Waals surface area contributed by atoms with E-state index in [-0.39, 0.29) is 12.5 Å². The molecule has 0 aliphatic rings. The monoisotopic (exact) mass is 470 g/mol. The maximum absolute atomic E-state index is 12.5. The Bertz CT molecular complexity index is 1190. The van der Waals surface area contributed by atoms with Crippen LogP contribution in [-0.2, 0) is 23.0 Å². The van der Waals surface area contributed by atoms with E-state index in [1.807, 2.05) is 56.3 Å². The van der Waals surface area contributed by atoms with E-state index < -0.39 is 10.0 Å². The minimum absolute atomic E-state index is 0.167. The van der Waals surface area contributed by atoms with Gasteiger partial charge in [0.05, 0.1) is 18.5 Å². The van der Waals surface area contributed by atoms with Crippen molar-refractivity contribution < 1.29 is 13.2 Å². The largest absolute Gasteiger partial charge is 0.352 e. The second-order valence-corrected chi connectivity index (χ2v) is 10.2. The van der Waals surface area contributed by atoms with Crippen LogP contribution in [0.15, 0.2) is 66.7 Å². The van der Waals surface area contributed by atoms with Crippen molar-refractivity contribution in [3.8, 4) is 0 Å². The van der Waals surface area contributed by atoms with Gasteiger partial charge >= 0.3 is 0 Å². The SMILES string of the molecule is Cc1ccc(C)c(N(Cc2ccc(C(=O)NCCc3ccc(Cl)cc3)cc2)S(C)(=O)=O)c1. The third-order valence-electron chi connectivity index (χ3n) is 5.19. The van der Waals surface area contributed by atoms with Gasteiger partial charge in [0.15, 0.2) is 0 Å². The second kappa shape index (κ2) is 10.2. The van der Waals surface area contributed by atoms with Gasteiger partial charge < -0.3 is 5.32 Å². The number of benzene rings is 3. The fourth-order valence-electron chi connectivity index (χ4n) is 3.37. The van der Waals surface area contributed by atoms with Crippen LogP contribution in [0.1, 0.15) is 32.6 Å². The normalized spacial score (nSPS) is 11.2. The number of carbonyl (C=O) groups excluding carboxylic acids is 1. The molecule has 5 nitrogen and oxygen atoms in total. The van der Waals surface area contributed by atoms with Crippen LogP contribution in [0.3, 0.4) is 0 Å². The summed E-state index contributed by atoms with van der Waals surface area (Å²) in [5.74, 6) is -0.167. The van der Waals surface area contributed by atoms with Gasteiger partial charge in [-0.05, 0) is 72.9 Å². The summed E-state index contributed by atoms with van der Waals surface area (Å²) in [6.45, 7) is 4.53. The molecule has 0 aliphatic carbocycles. The first kappa shape index (κ1) is 23.8. The van der Waals surface area contributed by atoms with Crippen LogP contribution in [-0.4, -0.2) is 27.1 Å². The van der Waals surface area contributed by atoms with Crippen molar-refractivity contribution in [3.05, 3.63) is 99.6 Å². The van der Waals surface area contributed by atoms with Crippen LogP contribution in [0.25, 0.3) is 0 Å².